The number of aliphatic hydroxyl groups is 1. The first-order valence-electron chi connectivity index (χ1n) is 15.6. The molecule has 1 saturated heterocycles. The Bertz CT molecular complexity index is 1580. The van der Waals surface area contributed by atoms with Gasteiger partial charge in [0, 0.05) is 38.5 Å². The normalized spacial score (nSPS) is 18.6. The average molecular weight is 623 g/mol. The molecule has 4 atom stereocenters. The third kappa shape index (κ3) is 9.11. The minimum Gasteiger partial charge on any atom is -0.453 e. The number of benzene rings is 4. The maximum Gasteiger partial charge on any atom is 0.303 e. The Labute approximate surface area is 270 Å². The summed E-state index contributed by atoms with van der Waals surface area (Å²) in [5, 5.41) is 12.3. The number of rotatable bonds is 12. The molecule has 5 rings (SSSR count). The second-order valence-corrected chi connectivity index (χ2v) is 11.8. The van der Waals surface area contributed by atoms with E-state index in [1.165, 1.54) is 12.5 Å². The van der Waals surface area contributed by atoms with Crippen molar-refractivity contribution < 1.29 is 28.9 Å². The van der Waals surface area contributed by atoms with Crippen molar-refractivity contribution in [3.8, 4) is 11.1 Å². The molecule has 1 aliphatic rings. The Kier molecular flexibility index (Phi) is 11.3. The molecule has 4 aromatic rings. The van der Waals surface area contributed by atoms with Gasteiger partial charge in [-0.2, -0.15) is 0 Å². The molecule has 1 fully saturated rings. The summed E-state index contributed by atoms with van der Waals surface area (Å²) in [7, 11) is 2.11. The van der Waals surface area contributed by atoms with Gasteiger partial charge in [-0.15, -0.1) is 0 Å². The topological polar surface area (TPSA) is 97.3 Å². The minimum absolute atomic E-state index is 0.00360. The minimum atomic E-state index is -0.846. The molecule has 46 heavy (non-hydrogen) atoms. The lowest BCUT2D eigenvalue weighted by Gasteiger charge is -2.38. The Balaban J connectivity index is 1.28. The van der Waals surface area contributed by atoms with Crippen LogP contribution in [0.4, 0.5) is 0 Å². The fourth-order valence-corrected chi connectivity index (χ4v) is 5.67. The van der Waals surface area contributed by atoms with Crippen LogP contribution in [0.3, 0.4) is 0 Å². The van der Waals surface area contributed by atoms with Gasteiger partial charge in [0.15, 0.2) is 12.4 Å². The predicted molar refractivity (Wildman–Crippen MR) is 176 cm³/mol. The number of carbonyl (C=O) groups excluding carboxylic acids is 2. The SMILES string of the molecule is CC(=O)O[C@@H](C)C(=O)NCc1cccc(-c2ccc([C@H]3O[C@@H](CN(C)Cc4ccccc4)C[C@@H](c4ccc(CO)cc4)O3)cc2)c1. The molecule has 0 radical (unpaired) electrons. The zero-order chi connectivity index (χ0) is 32.5. The van der Waals surface area contributed by atoms with Crippen molar-refractivity contribution in [2.75, 3.05) is 13.6 Å². The Morgan fingerprint density at radius 1 is 0.870 bits per heavy atom. The number of hydrogen-bond donors (Lipinski definition) is 2. The van der Waals surface area contributed by atoms with Gasteiger partial charge in [0.05, 0.1) is 18.8 Å². The molecule has 1 heterocycles. The van der Waals surface area contributed by atoms with E-state index in [-0.39, 0.29) is 24.7 Å². The van der Waals surface area contributed by atoms with E-state index in [1.54, 1.807) is 6.92 Å². The number of nitrogens with one attached hydrogen (secondary N) is 1. The van der Waals surface area contributed by atoms with Crippen LogP contribution in [0.5, 0.6) is 0 Å². The van der Waals surface area contributed by atoms with Crippen molar-refractivity contribution in [3.05, 3.63) is 131 Å². The molecule has 0 aromatic heterocycles. The van der Waals surface area contributed by atoms with E-state index >= 15 is 0 Å². The predicted octanol–water partition coefficient (Wildman–Crippen LogP) is 6.09. The molecule has 0 spiro atoms. The summed E-state index contributed by atoms with van der Waals surface area (Å²) in [6, 6.07) is 34.5. The summed E-state index contributed by atoms with van der Waals surface area (Å²) in [6.45, 7) is 4.73. The van der Waals surface area contributed by atoms with Crippen LogP contribution in [0.2, 0.25) is 0 Å². The van der Waals surface area contributed by atoms with Gasteiger partial charge in [-0.05, 0) is 53.4 Å². The fourth-order valence-electron chi connectivity index (χ4n) is 5.67. The number of ether oxygens (including phenoxy) is 3. The van der Waals surface area contributed by atoms with E-state index in [4.69, 9.17) is 14.2 Å². The van der Waals surface area contributed by atoms with Crippen molar-refractivity contribution in [2.45, 2.75) is 64.6 Å². The van der Waals surface area contributed by atoms with Crippen LogP contribution in [0, 0.1) is 0 Å². The third-order valence-corrected chi connectivity index (χ3v) is 8.05. The highest BCUT2D eigenvalue weighted by atomic mass is 16.7. The lowest BCUT2D eigenvalue weighted by Crippen LogP contribution is -2.37. The molecule has 0 aliphatic carbocycles. The number of esters is 1. The number of likely N-dealkylation sites (N-methyl/N-ethyl adjacent to an activating group) is 1. The van der Waals surface area contributed by atoms with Crippen LogP contribution < -0.4 is 5.32 Å². The summed E-state index contributed by atoms with van der Waals surface area (Å²) in [5.74, 6) is -0.833. The standard InChI is InChI=1S/C38H42N2O6/c1-26(44-27(2)42)37(43)39-22-30-10-7-11-34(20-30)31-16-18-33(19-17-31)38-45-35(24-40(3)23-28-8-5-4-6-9-28)21-36(46-38)32-14-12-29(25-41)13-15-32/h4-20,26,35-36,38,41H,21-25H2,1-3H3,(H,39,43)/t26-,35+,36-,38-/m0/s1. The fraction of sp³-hybridized carbons (Fsp3) is 0.316. The van der Waals surface area contributed by atoms with Crippen molar-refractivity contribution in [3.63, 3.8) is 0 Å². The number of nitrogens with zero attached hydrogens (tertiary/aromatic N) is 1. The Morgan fingerprint density at radius 2 is 1.57 bits per heavy atom. The molecular formula is C38H42N2O6. The molecule has 8 heteroatoms. The van der Waals surface area contributed by atoms with Gasteiger partial charge >= 0.3 is 5.97 Å². The monoisotopic (exact) mass is 622 g/mol. The quantitative estimate of drug-likeness (QED) is 0.185. The van der Waals surface area contributed by atoms with E-state index in [1.807, 2.05) is 66.7 Å². The molecule has 1 aliphatic heterocycles. The van der Waals surface area contributed by atoms with Gasteiger partial charge in [-0.25, -0.2) is 0 Å². The van der Waals surface area contributed by atoms with Crippen LogP contribution in [0.1, 0.15) is 60.5 Å². The van der Waals surface area contributed by atoms with Gasteiger partial charge in [-0.1, -0.05) is 97.1 Å². The lowest BCUT2D eigenvalue weighted by atomic mass is 9.99. The first-order chi connectivity index (χ1) is 22.3. The lowest BCUT2D eigenvalue weighted by molar-refractivity contribution is -0.252. The van der Waals surface area contributed by atoms with Crippen molar-refractivity contribution in [1.29, 1.82) is 0 Å². The summed E-state index contributed by atoms with van der Waals surface area (Å²) in [5.41, 5.74) is 7.08. The molecule has 2 N–H and O–H groups in total. The summed E-state index contributed by atoms with van der Waals surface area (Å²) in [6.07, 6.45) is -0.876. The smallest absolute Gasteiger partial charge is 0.303 e. The van der Waals surface area contributed by atoms with Gasteiger partial charge in [0.2, 0.25) is 0 Å². The van der Waals surface area contributed by atoms with Crippen molar-refractivity contribution >= 4 is 11.9 Å². The molecule has 0 saturated carbocycles. The Hall–Kier alpha value is -4.34. The number of hydrogen-bond acceptors (Lipinski definition) is 7. The van der Waals surface area contributed by atoms with E-state index < -0.39 is 18.4 Å². The number of aliphatic hydroxyl groups excluding tert-OH is 1. The van der Waals surface area contributed by atoms with Crippen LogP contribution >= 0.6 is 0 Å². The molecule has 4 aromatic carbocycles. The summed E-state index contributed by atoms with van der Waals surface area (Å²) < 4.78 is 18.1. The maximum absolute atomic E-state index is 12.3. The van der Waals surface area contributed by atoms with Gasteiger partial charge < -0.3 is 24.6 Å². The highest BCUT2D eigenvalue weighted by Crippen LogP contribution is 2.38. The molecular weight excluding hydrogens is 580 g/mol. The van der Waals surface area contributed by atoms with Crippen LogP contribution in [0.15, 0.2) is 103 Å². The van der Waals surface area contributed by atoms with E-state index in [9.17, 15) is 14.7 Å². The van der Waals surface area contributed by atoms with Gasteiger partial charge in [0.1, 0.15) is 0 Å². The third-order valence-electron chi connectivity index (χ3n) is 8.05. The zero-order valence-corrected chi connectivity index (χ0v) is 26.6. The number of amides is 1. The molecule has 0 unspecified atom stereocenters. The van der Waals surface area contributed by atoms with Crippen LogP contribution in [-0.4, -0.2) is 47.7 Å². The molecule has 0 bridgehead atoms. The zero-order valence-electron chi connectivity index (χ0n) is 26.6. The second-order valence-electron chi connectivity index (χ2n) is 11.8. The second kappa shape index (κ2) is 15.8. The van der Waals surface area contributed by atoms with Crippen LogP contribution in [0.25, 0.3) is 11.1 Å². The van der Waals surface area contributed by atoms with E-state index in [0.29, 0.717) is 6.54 Å². The Morgan fingerprint density at radius 3 is 2.26 bits per heavy atom. The van der Waals surface area contributed by atoms with Gasteiger partial charge in [0.25, 0.3) is 5.91 Å². The molecule has 1 amide bonds. The van der Waals surface area contributed by atoms with E-state index in [0.717, 1.165) is 52.9 Å². The average Bonchev–Trinajstić information content (AvgIpc) is 3.07. The molecule has 8 nitrogen and oxygen atoms in total. The largest absolute Gasteiger partial charge is 0.453 e. The summed E-state index contributed by atoms with van der Waals surface area (Å²) >= 11 is 0. The first-order valence-corrected chi connectivity index (χ1v) is 15.6. The highest BCUT2D eigenvalue weighted by molar-refractivity contribution is 5.82. The first kappa shape index (κ1) is 33.0. The van der Waals surface area contributed by atoms with E-state index in [2.05, 4.69) is 53.7 Å². The van der Waals surface area contributed by atoms with Crippen LogP contribution in [-0.2, 0) is 43.5 Å². The highest BCUT2D eigenvalue weighted by Gasteiger charge is 2.32. The molecule has 240 valence electrons. The van der Waals surface area contributed by atoms with Crippen molar-refractivity contribution in [2.24, 2.45) is 0 Å². The summed E-state index contributed by atoms with van der Waals surface area (Å²) in [4.78, 5) is 25.7. The van der Waals surface area contributed by atoms with Crippen molar-refractivity contribution in [1.82, 2.24) is 10.2 Å². The maximum atomic E-state index is 12.3. The van der Waals surface area contributed by atoms with Gasteiger partial charge in [-0.3, -0.25) is 14.5 Å². The number of carbonyl (C=O) groups is 2.